The summed E-state index contributed by atoms with van der Waals surface area (Å²) in [4.78, 5) is 0.847. The lowest BCUT2D eigenvalue weighted by Gasteiger charge is -2.17. The number of hydrogen-bond donors (Lipinski definition) is 0. The van der Waals surface area contributed by atoms with Crippen molar-refractivity contribution >= 4 is 24.2 Å². The van der Waals surface area contributed by atoms with Gasteiger partial charge in [0, 0.05) is 4.88 Å². The fourth-order valence-electron chi connectivity index (χ4n) is 1.11. The van der Waals surface area contributed by atoms with Crippen molar-refractivity contribution in [3.63, 3.8) is 0 Å². The van der Waals surface area contributed by atoms with Crippen LogP contribution in [0.25, 0.3) is 5.31 Å². The zero-order chi connectivity index (χ0) is 11.3. The van der Waals surface area contributed by atoms with Crippen LogP contribution in [0.5, 0.6) is 0 Å². The summed E-state index contributed by atoms with van der Waals surface area (Å²) in [6.45, 7) is 8.07. The van der Waals surface area contributed by atoms with E-state index in [9.17, 15) is 4.57 Å². The smallest absolute Gasteiger partial charge is 0.305 e. The molecule has 0 aliphatic carbocycles. The van der Waals surface area contributed by atoms with Gasteiger partial charge in [-0.15, -0.1) is 11.3 Å². The summed E-state index contributed by atoms with van der Waals surface area (Å²) in [6, 6.07) is 3.74. The van der Waals surface area contributed by atoms with Crippen molar-refractivity contribution in [2.45, 2.75) is 13.8 Å². The molecule has 1 rings (SSSR count). The normalized spacial score (nSPS) is 11.6. The summed E-state index contributed by atoms with van der Waals surface area (Å²) in [6.07, 6.45) is 0. The van der Waals surface area contributed by atoms with Crippen molar-refractivity contribution in [3.8, 4) is 0 Å². The Morgan fingerprint density at radius 3 is 2.47 bits per heavy atom. The second kappa shape index (κ2) is 5.61. The highest BCUT2D eigenvalue weighted by atomic mass is 32.1. The summed E-state index contributed by atoms with van der Waals surface area (Å²) in [5.74, 6) is 0. The van der Waals surface area contributed by atoms with E-state index in [1.807, 2.05) is 17.5 Å². The first-order valence-electron chi connectivity index (χ1n) is 4.76. The Kier molecular flexibility index (Phi) is 4.74. The van der Waals surface area contributed by atoms with Gasteiger partial charge in [-0.2, -0.15) is 0 Å². The average Bonchev–Trinajstić information content (AvgIpc) is 2.70. The Balaban J connectivity index is 2.90. The molecule has 0 aromatic carbocycles. The fourth-order valence-corrected chi connectivity index (χ4v) is 3.61. The first-order valence-corrected chi connectivity index (χ1v) is 7.18. The Morgan fingerprint density at radius 2 is 2.07 bits per heavy atom. The van der Waals surface area contributed by atoms with E-state index in [0.717, 1.165) is 4.88 Å². The molecule has 1 heterocycles. The minimum absolute atomic E-state index is 0.349. The van der Waals surface area contributed by atoms with Crippen LogP contribution in [-0.4, -0.2) is 13.2 Å². The predicted molar refractivity (Wildman–Crippen MR) is 64.2 cm³/mol. The largest absolute Gasteiger partial charge is 0.362 e. The molecule has 15 heavy (non-hydrogen) atoms. The zero-order valence-corrected chi connectivity index (χ0v) is 10.6. The number of hydrogen-bond acceptors (Lipinski definition) is 4. The van der Waals surface area contributed by atoms with E-state index >= 15 is 0 Å². The molecule has 0 radical (unpaired) electrons. The van der Waals surface area contributed by atoms with Crippen LogP contribution in [0.1, 0.15) is 18.7 Å². The monoisotopic (exact) mass is 246 g/mol. The Labute approximate surface area is 94.3 Å². The van der Waals surface area contributed by atoms with Crippen molar-refractivity contribution in [2.24, 2.45) is 0 Å². The van der Waals surface area contributed by atoms with Crippen LogP contribution in [0.2, 0.25) is 0 Å². The van der Waals surface area contributed by atoms with E-state index in [0.29, 0.717) is 18.5 Å². The first kappa shape index (κ1) is 12.7. The molecule has 1 aromatic rings. The molecular weight excluding hydrogens is 231 g/mol. The van der Waals surface area contributed by atoms with Crippen LogP contribution < -0.4 is 0 Å². The molecule has 0 N–H and O–H groups in total. The van der Waals surface area contributed by atoms with Crippen LogP contribution in [0.15, 0.2) is 24.1 Å². The van der Waals surface area contributed by atoms with E-state index in [4.69, 9.17) is 9.05 Å². The molecule has 84 valence electrons. The summed E-state index contributed by atoms with van der Waals surface area (Å²) in [7, 11) is -3.18. The van der Waals surface area contributed by atoms with Crippen LogP contribution in [0.4, 0.5) is 0 Å². The summed E-state index contributed by atoms with van der Waals surface area (Å²) >= 11 is 1.48. The topological polar surface area (TPSA) is 35.5 Å². The van der Waals surface area contributed by atoms with Gasteiger partial charge in [0.1, 0.15) is 0 Å². The molecule has 0 unspecified atom stereocenters. The zero-order valence-electron chi connectivity index (χ0n) is 8.93. The molecule has 0 saturated carbocycles. The van der Waals surface area contributed by atoms with Gasteiger partial charge >= 0.3 is 7.60 Å². The third kappa shape index (κ3) is 3.02. The van der Waals surface area contributed by atoms with E-state index in [2.05, 4.69) is 6.58 Å². The van der Waals surface area contributed by atoms with Crippen LogP contribution in [0.3, 0.4) is 0 Å². The van der Waals surface area contributed by atoms with Gasteiger partial charge in [0.25, 0.3) is 0 Å². The van der Waals surface area contributed by atoms with Crippen molar-refractivity contribution in [1.82, 2.24) is 0 Å². The van der Waals surface area contributed by atoms with Gasteiger partial charge in [0.05, 0.1) is 18.5 Å². The maximum atomic E-state index is 12.3. The quantitative estimate of drug-likeness (QED) is 0.712. The molecular formula is C10H15O3PS. The van der Waals surface area contributed by atoms with Crippen molar-refractivity contribution in [1.29, 1.82) is 0 Å². The lowest BCUT2D eigenvalue weighted by atomic mass is 10.5. The lowest BCUT2D eigenvalue weighted by molar-refractivity contribution is 0.231. The van der Waals surface area contributed by atoms with Gasteiger partial charge in [-0.25, -0.2) is 0 Å². The number of thiophene rings is 1. The van der Waals surface area contributed by atoms with Crippen molar-refractivity contribution < 1.29 is 13.6 Å². The van der Waals surface area contributed by atoms with Crippen LogP contribution in [0, 0.1) is 0 Å². The second-order valence-corrected chi connectivity index (χ2v) is 5.76. The number of rotatable bonds is 6. The van der Waals surface area contributed by atoms with Gasteiger partial charge < -0.3 is 9.05 Å². The molecule has 0 spiro atoms. The Hall–Kier alpha value is -0.410. The van der Waals surface area contributed by atoms with Gasteiger partial charge in [0.15, 0.2) is 0 Å². The molecule has 0 aliphatic heterocycles. The first-order chi connectivity index (χ1) is 7.14. The maximum Gasteiger partial charge on any atom is 0.362 e. The highest BCUT2D eigenvalue weighted by molar-refractivity contribution is 7.65. The minimum atomic E-state index is -3.18. The standard InChI is InChI=1S/C10H15O3PS/c1-4-12-14(11,13-5-2)9(3)10-7-6-8-15-10/h6-8H,3-5H2,1-2H3. The van der Waals surface area contributed by atoms with E-state index in [1.54, 1.807) is 13.8 Å². The second-order valence-electron chi connectivity index (χ2n) is 2.76. The minimum Gasteiger partial charge on any atom is -0.305 e. The molecule has 1 aromatic heterocycles. The van der Waals surface area contributed by atoms with Gasteiger partial charge in [-0.3, -0.25) is 4.57 Å². The van der Waals surface area contributed by atoms with E-state index < -0.39 is 7.60 Å². The van der Waals surface area contributed by atoms with E-state index in [1.165, 1.54) is 11.3 Å². The van der Waals surface area contributed by atoms with Crippen molar-refractivity contribution in [2.75, 3.05) is 13.2 Å². The summed E-state index contributed by atoms with van der Waals surface area (Å²) < 4.78 is 22.7. The highest BCUT2D eigenvalue weighted by Gasteiger charge is 2.29. The van der Waals surface area contributed by atoms with Crippen LogP contribution in [-0.2, 0) is 13.6 Å². The lowest BCUT2D eigenvalue weighted by Crippen LogP contribution is -1.96. The maximum absolute atomic E-state index is 12.3. The molecule has 0 aliphatic rings. The third-order valence-electron chi connectivity index (χ3n) is 1.73. The molecule has 5 heteroatoms. The summed E-state index contributed by atoms with van der Waals surface area (Å²) in [5, 5.41) is 2.35. The molecule has 0 bridgehead atoms. The Bertz CT molecular complexity index is 349. The van der Waals surface area contributed by atoms with Crippen LogP contribution >= 0.6 is 18.9 Å². The summed E-state index contributed by atoms with van der Waals surface area (Å²) in [5.41, 5.74) is 0. The SMILES string of the molecule is C=C(c1cccs1)P(=O)(OCC)OCC. The molecule has 3 nitrogen and oxygen atoms in total. The predicted octanol–water partition coefficient (Wildman–Crippen LogP) is 3.98. The molecule has 0 saturated heterocycles. The van der Waals surface area contributed by atoms with E-state index in [-0.39, 0.29) is 0 Å². The average molecular weight is 246 g/mol. The van der Waals surface area contributed by atoms with Crippen molar-refractivity contribution in [3.05, 3.63) is 29.0 Å². The highest BCUT2D eigenvalue weighted by Crippen LogP contribution is 2.60. The van der Waals surface area contributed by atoms with Gasteiger partial charge in [-0.05, 0) is 25.3 Å². The third-order valence-corrected chi connectivity index (χ3v) is 4.91. The Morgan fingerprint density at radius 1 is 1.47 bits per heavy atom. The van der Waals surface area contributed by atoms with Gasteiger partial charge in [0.2, 0.25) is 0 Å². The molecule has 0 amide bonds. The van der Waals surface area contributed by atoms with Gasteiger partial charge in [-0.1, -0.05) is 12.6 Å². The molecule has 0 fully saturated rings. The fraction of sp³-hybridized carbons (Fsp3) is 0.400. The molecule has 0 atom stereocenters.